The van der Waals surface area contributed by atoms with Gasteiger partial charge in [-0.1, -0.05) is 0 Å². The molecule has 0 unspecified atom stereocenters. The minimum Gasteiger partial charge on any atom is -0.505 e. The van der Waals surface area contributed by atoms with Crippen LogP contribution in [0, 0.1) is 12.7 Å². The van der Waals surface area contributed by atoms with Crippen molar-refractivity contribution in [3.05, 3.63) is 23.0 Å². The van der Waals surface area contributed by atoms with E-state index < -0.39 is 11.6 Å². The molecule has 0 aliphatic carbocycles. The minimum atomic E-state index is -0.891. The van der Waals surface area contributed by atoms with Gasteiger partial charge >= 0.3 is 0 Å². The lowest BCUT2D eigenvalue weighted by molar-refractivity contribution is 0.101. The van der Waals surface area contributed by atoms with Crippen molar-refractivity contribution in [2.45, 2.75) is 13.8 Å². The Labute approximate surface area is 81.1 Å². The van der Waals surface area contributed by atoms with E-state index in [1.807, 2.05) is 0 Å². The van der Waals surface area contributed by atoms with E-state index >= 15 is 0 Å². The van der Waals surface area contributed by atoms with Gasteiger partial charge in [-0.25, -0.2) is 0 Å². The van der Waals surface area contributed by atoms with Crippen LogP contribution in [0.25, 0.3) is 0 Å². The van der Waals surface area contributed by atoms with Crippen molar-refractivity contribution in [3.8, 4) is 11.5 Å². The lowest BCUT2D eigenvalue weighted by Gasteiger charge is -2.10. The first-order valence-electron chi connectivity index (χ1n) is 4.06. The van der Waals surface area contributed by atoms with Gasteiger partial charge in [-0.2, -0.15) is 4.39 Å². The largest absolute Gasteiger partial charge is 0.505 e. The van der Waals surface area contributed by atoms with E-state index in [1.54, 1.807) is 0 Å². The number of Topliss-reactive ketones (excluding diaryl/α,β-unsaturated/α-hetero) is 1. The molecule has 1 aromatic carbocycles. The predicted octanol–water partition coefficient (Wildman–Crippen LogP) is 2.05. The van der Waals surface area contributed by atoms with Crippen molar-refractivity contribution in [3.63, 3.8) is 0 Å². The first kappa shape index (κ1) is 10.5. The zero-order chi connectivity index (χ0) is 10.9. The van der Waals surface area contributed by atoms with Gasteiger partial charge in [0.1, 0.15) is 0 Å². The Morgan fingerprint density at radius 3 is 2.57 bits per heavy atom. The van der Waals surface area contributed by atoms with Crippen molar-refractivity contribution in [2.75, 3.05) is 7.11 Å². The summed E-state index contributed by atoms with van der Waals surface area (Å²) in [6.45, 7) is 2.83. The van der Waals surface area contributed by atoms with Gasteiger partial charge in [-0.3, -0.25) is 4.79 Å². The number of phenolic OH excluding ortho intramolecular Hbond substituents is 1. The average Bonchev–Trinajstić information content (AvgIpc) is 2.13. The molecule has 0 amide bonds. The molecule has 0 aromatic heterocycles. The fraction of sp³-hybridized carbons (Fsp3) is 0.300. The summed E-state index contributed by atoms with van der Waals surface area (Å²) in [6, 6.07) is 1.40. The van der Waals surface area contributed by atoms with Crippen molar-refractivity contribution in [1.29, 1.82) is 0 Å². The van der Waals surface area contributed by atoms with Crippen LogP contribution in [0.4, 0.5) is 4.39 Å². The summed E-state index contributed by atoms with van der Waals surface area (Å²) in [5, 5.41) is 9.26. The molecule has 0 saturated carbocycles. The Balaban J connectivity index is 3.51. The number of carbonyl (C=O) groups excluding carboxylic acids is 1. The number of ether oxygens (including phenoxy) is 1. The number of aryl methyl sites for hydroxylation is 1. The summed E-state index contributed by atoms with van der Waals surface area (Å²) in [4.78, 5) is 11.1. The van der Waals surface area contributed by atoms with Crippen LogP contribution in [0.15, 0.2) is 6.07 Å². The number of ketones is 1. The molecule has 0 saturated heterocycles. The highest BCUT2D eigenvalue weighted by Gasteiger charge is 2.18. The summed E-state index contributed by atoms with van der Waals surface area (Å²) in [7, 11) is 1.25. The number of hydrogen-bond donors (Lipinski definition) is 1. The maximum Gasteiger partial charge on any atom is 0.207 e. The van der Waals surface area contributed by atoms with Crippen LogP contribution in [0.5, 0.6) is 11.5 Å². The first-order chi connectivity index (χ1) is 6.49. The third-order valence-electron chi connectivity index (χ3n) is 1.97. The zero-order valence-corrected chi connectivity index (χ0v) is 8.22. The Morgan fingerprint density at radius 1 is 1.57 bits per heavy atom. The average molecular weight is 198 g/mol. The minimum absolute atomic E-state index is 0.139. The standard InChI is InChI=1S/C10H11FO3/c1-5-4-7(6(2)12)10(14-3)8(11)9(5)13/h4,13H,1-3H3. The van der Waals surface area contributed by atoms with E-state index in [9.17, 15) is 14.3 Å². The number of hydrogen-bond acceptors (Lipinski definition) is 3. The molecule has 0 fully saturated rings. The first-order valence-corrected chi connectivity index (χ1v) is 4.06. The molecule has 1 aromatic rings. The molecular weight excluding hydrogens is 187 g/mol. The summed E-state index contributed by atoms with van der Waals surface area (Å²) in [6.07, 6.45) is 0. The van der Waals surface area contributed by atoms with Crippen LogP contribution in [-0.2, 0) is 0 Å². The number of carbonyl (C=O) groups is 1. The molecule has 0 heterocycles. The van der Waals surface area contributed by atoms with E-state index in [0.717, 1.165) is 0 Å². The second kappa shape index (κ2) is 3.65. The lowest BCUT2D eigenvalue weighted by atomic mass is 10.1. The van der Waals surface area contributed by atoms with E-state index in [0.29, 0.717) is 5.56 Å². The molecule has 0 aliphatic rings. The van der Waals surface area contributed by atoms with Gasteiger partial charge in [-0.15, -0.1) is 0 Å². The monoisotopic (exact) mass is 198 g/mol. The number of aromatic hydroxyl groups is 1. The summed E-state index contributed by atoms with van der Waals surface area (Å²) >= 11 is 0. The SMILES string of the molecule is COc1c(C(C)=O)cc(C)c(O)c1F. The van der Waals surface area contributed by atoms with Gasteiger partial charge in [0.05, 0.1) is 12.7 Å². The third kappa shape index (κ3) is 1.55. The third-order valence-corrected chi connectivity index (χ3v) is 1.97. The van der Waals surface area contributed by atoms with Gasteiger partial charge in [0, 0.05) is 0 Å². The van der Waals surface area contributed by atoms with Gasteiger partial charge < -0.3 is 9.84 Å². The lowest BCUT2D eigenvalue weighted by Crippen LogP contribution is -2.01. The van der Waals surface area contributed by atoms with Gasteiger partial charge in [0.15, 0.2) is 17.3 Å². The van der Waals surface area contributed by atoms with E-state index in [-0.39, 0.29) is 17.1 Å². The maximum absolute atomic E-state index is 13.4. The van der Waals surface area contributed by atoms with Crippen molar-refractivity contribution >= 4 is 5.78 Å². The molecule has 1 N–H and O–H groups in total. The fourth-order valence-corrected chi connectivity index (χ4v) is 1.21. The Hall–Kier alpha value is -1.58. The van der Waals surface area contributed by atoms with E-state index in [1.165, 1.54) is 27.0 Å². The number of benzene rings is 1. The van der Waals surface area contributed by atoms with Crippen molar-refractivity contribution in [1.82, 2.24) is 0 Å². The molecular formula is C10H11FO3. The second-order valence-corrected chi connectivity index (χ2v) is 2.99. The number of halogens is 1. The Bertz CT molecular complexity index is 385. The predicted molar refractivity (Wildman–Crippen MR) is 49.4 cm³/mol. The molecule has 0 bridgehead atoms. The second-order valence-electron chi connectivity index (χ2n) is 2.99. The maximum atomic E-state index is 13.4. The van der Waals surface area contributed by atoms with Gasteiger partial charge in [0.2, 0.25) is 5.82 Å². The Kier molecular flexibility index (Phi) is 2.74. The number of methoxy groups -OCH3 is 1. The topological polar surface area (TPSA) is 46.5 Å². The van der Waals surface area contributed by atoms with E-state index in [2.05, 4.69) is 0 Å². The van der Waals surface area contributed by atoms with Crippen LogP contribution >= 0.6 is 0 Å². The van der Waals surface area contributed by atoms with Gasteiger partial charge in [0.25, 0.3) is 0 Å². The molecule has 3 nitrogen and oxygen atoms in total. The zero-order valence-electron chi connectivity index (χ0n) is 8.22. The van der Waals surface area contributed by atoms with Crippen molar-refractivity contribution in [2.24, 2.45) is 0 Å². The molecule has 0 atom stereocenters. The summed E-state index contributed by atoms with van der Waals surface area (Å²) < 4.78 is 18.1. The number of phenols is 1. The summed E-state index contributed by atoms with van der Waals surface area (Å²) in [5.74, 6) is -1.88. The smallest absolute Gasteiger partial charge is 0.207 e. The quantitative estimate of drug-likeness (QED) is 0.740. The summed E-state index contributed by atoms with van der Waals surface area (Å²) in [5.41, 5.74) is 0.453. The number of rotatable bonds is 2. The van der Waals surface area contributed by atoms with Crippen LogP contribution in [0.2, 0.25) is 0 Å². The molecule has 4 heteroatoms. The highest BCUT2D eigenvalue weighted by molar-refractivity contribution is 5.97. The highest BCUT2D eigenvalue weighted by atomic mass is 19.1. The molecule has 0 spiro atoms. The normalized spacial score (nSPS) is 10.0. The van der Waals surface area contributed by atoms with E-state index in [4.69, 9.17) is 4.74 Å². The van der Waals surface area contributed by atoms with Gasteiger partial charge in [-0.05, 0) is 25.5 Å². The van der Waals surface area contributed by atoms with Crippen molar-refractivity contribution < 1.29 is 19.0 Å². The van der Waals surface area contributed by atoms with Crippen LogP contribution in [-0.4, -0.2) is 18.0 Å². The molecule has 76 valence electrons. The van der Waals surface area contributed by atoms with Crippen LogP contribution in [0.3, 0.4) is 0 Å². The molecule has 1 rings (SSSR count). The fourth-order valence-electron chi connectivity index (χ4n) is 1.21. The Morgan fingerprint density at radius 2 is 2.14 bits per heavy atom. The van der Waals surface area contributed by atoms with Crippen LogP contribution < -0.4 is 4.74 Å². The molecule has 0 radical (unpaired) electrons. The van der Waals surface area contributed by atoms with Crippen LogP contribution in [0.1, 0.15) is 22.8 Å². The molecule has 14 heavy (non-hydrogen) atoms. The molecule has 0 aliphatic heterocycles. The highest BCUT2D eigenvalue weighted by Crippen LogP contribution is 2.32.